The van der Waals surface area contributed by atoms with Crippen LogP contribution in [0.15, 0.2) is 71.3 Å². The van der Waals surface area contributed by atoms with Gasteiger partial charge in [-0.15, -0.1) is 21.5 Å². The smallest absolute Gasteiger partial charge is 0.230 e. The van der Waals surface area contributed by atoms with Gasteiger partial charge in [-0.2, -0.15) is 0 Å². The molecule has 0 aliphatic carbocycles. The van der Waals surface area contributed by atoms with E-state index in [-0.39, 0.29) is 11.7 Å². The third-order valence-corrected chi connectivity index (χ3v) is 6.03. The molecule has 7 nitrogen and oxygen atoms in total. The molecule has 3 heterocycles. The Labute approximate surface area is 182 Å². The predicted molar refractivity (Wildman–Crippen MR) is 118 cm³/mol. The third kappa shape index (κ3) is 4.52. The lowest BCUT2D eigenvalue weighted by Gasteiger charge is -2.13. The minimum atomic E-state index is -0.0673. The average molecular weight is 438 g/mol. The van der Waals surface area contributed by atoms with Crippen LogP contribution in [-0.4, -0.2) is 38.5 Å². The number of carbonyl (C=O) groups is 1. The van der Waals surface area contributed by atoms with E-state index < -0.39 is 0 Å². The molecule has 0 saturated carbocycles. The maximum Gasteiger partial charge on any atom is 0.230 e. The molecule has 0 saturated heterocycles. The second-order valence-electron chi connectivity index (χ2n) is 6.17. The number of amides is 1. The van der Waals surface area contributed by atoms with Crippen LogP contribution in [0.4, 0.5) is 0 Å². The zero-order chi connectivity index (χ0) is 20.8. The summed E-state index contributed by atoms with van der Waals surface area (Å²) >= 11 is 2.93. The number of hydrogen-bond acceptors (Lipinski definition) is 7. The van der Waals surface area contributed by atoms with Crippen LogP contribution >= 0.6 is 23.1 Å². The van der Waals surface area contributed by atoms with Gasteiger partial charge in [0.05, 0.1) is 25.1 Å². The number of carbonyl (C=O) groups excluding carboxylic acids is 1. The standard InChI is InChI=1S/C21H19N5O2S2/c1-28-18-10-3-2-9-17(18)26-20(16-8-4-5-11-22-16)24-25-21(26)30-14-19(27)23-13-15-7-6-12-29-15/h2-12H,13-14H2,1H3,(H,23,27). The number of rotatable bonds is 8. The molecule has 0 spiro atoms. The van der Waals surface area contributed by atoms with Gasteiger partial charge in [-0.1, -0.05) is 36.0 Å². The summed E-state index contributed by atoms with van der Waals surface area (Å²) in [6.45, 7) is 0.523. The molecule has 9 heteroatoms. The SMILES string of the molecule is COc1ccccc1-n1c(SCC(=O)NCc2cccs2)nnc1-c1ccccn1. The van der Waals surface area contributed by atoms with Crippen LogP contribution in [0.5, 0.6) is 5.75 Å². The van der Waals surface area contributed by atoms with E-state index >= 15 is 0 Å². The molecule has 4 rings (SSSR count). The van der Waals surface area contributed by atoms with Gasteiger partial charge < -0.3 is 10.1 Å². The van der Waals surface area contributed by atoms with E-state index in [1.807, 2.05) is 64.5 Å². The van der Waals surface area contributed by atoms with Crippen LogP contribution in [0.1, 0.15) is 4.88 Å². The summed E-state index contributed by atoms with van der Waals surface area (Å²) in [5.74, 6) is 1.42. The van der Waals surface area contributed by atoms with Gasteiger partial charge in [0.2, 0.25) is 5.91 Å². The molecule has 0 atom stereocenters. The van der Waals surface area contributed by atoms with Crippen molar-refractivity contribution in [1.82, 2.24) is 25.1 Å². The summed E-state index contributed by atoms with van der Waals surface area (Å²) in [6, 6.07) is 17.2. The van der Waals surface area contributed by atoms with Gasteiger partial charge in [0, 0.05) is 11.1 Å². The number of para-hydroxylation sites is 2. The molecule has 4 aromatic rings. The van der Waals surface area contributed by atoms with Crippen molar-refractivity contribution < 1.29 is 9.53 Å². The minimum absolute atomic E-state index is 0.0673. The van der Waals surface area contributed by atoms with E-state index in [2.05, 4.69) is 20.5 Å². The summed E-state index contributed by atoms with van der Waals surface area (Å²) in [7, 11) is 1.62. The summed E-state index contributed by atoms with van der Waals surface area (Å²) in [5, 5.41) is 14.2. The first-order chi connectivity index (χ1) is 14.8. The van der Waals surface area contributed by atoms with Crippen molar-refractivity contribution in [3.63, 3.8) is 0 Å². The van der Waals surface area contributed by atoms with E-state index in [1.165, 1.54) is 11.8 Å². The zero-order valence-corrected chi connectivity index (χ0v) is 17.8. The molecule has 1 aromatic carbocycles. The number of benzene rings is 1. The first kappa shape index (κ1) is 20.1. The van der Waals surface area contributed by atoms with E-state index in [0.717, 1.165) is 10.6 Å². The fourth-order valence-electron chi connectivity index (χ4n) is 2.84. The number of thiophene rings is 1. The topological polar surface area (TPSA) is 81.9 Å². The van der Waals surface area contributed by atoms with Crippen molar-refractivity contribution in [3.05, 3.63) is 71.1 Å². The molecule has 152 valence electrons. The van der Waals surface area contributed by atoms with E-state index in [0.29, 0.717) is 29.0 Å². The van der Waals surface area contributed by atoms with Crippen LogP contribution in [-0.2, 0) is 11.3 Å². The normalized spacial score (nSPS) is 10.7. The van der Waals surface area contributed by atoms with E-state index in [1.54, 1.807) is 24.6 Å². The molecule has 0 radical (unpaired) electrons. The monoisotopic (exact) mass is 437 g/mol. The fourth-order valence-corrected chi connectivity index (χ4v) is 4.26. The van der Waals surface area contributed by atoms with Crippen molar-refractivity contribution in [3.8, 4) is 23.0 Å². The summed E-state index contributed by atoms with van der Waals surface area (Å²) in [4.78, 5) is 17.9. The van der Waals surface area contributed by atoms with Crippen molar-refractivity contribution in [2.24, 2.45) is 0 Å². The number of pyridine rings is 1. The van der Waals surface area contributed by atoms with Crippen LogP contribution < -0.4 is 10.1 Å². The molecular formula is C21H19N5O2S2. The van der Waals surface area contributed by atoms with Crippen LogP contribution in [0.2, 0.25) is 0 Å². The zero-order valence-electron chi connectivity index (χ0n) is 16.2. The summed E-state index contributed by atoms with van der Waals surface area (Å²) < 4.78 is 7.41. The number of thioether (sulfide) groups is 1. The second kappa shape index (κ2) is 9.55. The van der Waals surface area contributed by atoms with Crippen molar-refractivity contribution in [2.75, 3.05) is 12.9 Å². The summed E-state index contributed by atoms with van der Waals surface area (Å²) in [5.41, 5.74) is 1.47. The van der Waals surface area contributed by atoms with E-state index in [9.17, 15) is 4.79 Å². The van der Waals surface area contributed by atoms with Gasteiger partial charge in [-0.05, 0) is 35.7 Å². The fraction of sp³-hybridized carbons (Fsp3) is 0.143. The number of methoxy groups -OCH3 is 1. The number of nitrogens with zero attached hydrogens (tertiary/aromatic N) is 4. The minimum Gasteiger partial charge on any atom is -0.495 e. The molecule has 0 unspecified atom stereocenters. The van der Waals surface area contributed by atoms with Crippen LogP contribution in [0.25, 0.3) is 17.2 Å². The maximum absolute atomic E-state index is 12.3. The third-order valence-electron chi connectivity index (χ3n) is 4.23. The molecule has 0 fully saturated rings. The Bertz CT molecular complexity index is 1110. The Balaban J connectivity index is 1.60. The van der Waals surface area contributed by atoms with E-state index in [4.69, 9.17) is 4.74 Å². The Morgan fingerprint density at radius 2 is 2.00 bits per heavy atom. The molecule has 30 heavy (non-hydrogen) atoms. The molecule has 0 bridgehead atoms. The highest BCUT2D eigenvalue weighted by molar-refractivity contribution is 7.99. The van der Waals surface area contributed by atoms with Gasteiger partial charge in [0.1, 0.15) is 11.4 Å². The number of nitrogens with one attached hydrogen (secondary N) is 1. The number of aromatic nitrogens is 4. The maximum atomic E-state index is 12.3. The lowest BCUT2D eigenvalue weighted by atomic mass is 10.2. The first-order valence-electron chi connectivity index (χ1n) is 9.18. The van der Waals surface area contributed by atoms with Gasteiger partial charge in [-0.25, -0.2) is 0 Å². The van der Waals surface area contributed by atoms with Crippen molar-refractivity contribution in [1.29, 1.82) is 0 Å². The van der Waals surface area contributed by atoms with Crippen molar-refractivity contribution >= 4 is 29.0 Å². The quantitative estimate of drug-likeness (QED) is 0.422. The summed E-state index contributed by atoms with van der Waals surface area (Å²) in [6.07, 6.45) is 1.71. The van der Waals surface area contributed by atoms with Crippen LogP contribution in [0, 0.1) is 0 Å². The van der Waals surface area contributed by atoms with Crippen molar-refractivity contribution in [2.45, 2.75) is 11.7 Å². The number of ether oxygens (including phenoxy) is 1. The van der Waals surface area contributed by atoms with Gasteiger partial charge in [0.25, 0.3) is 0 Å². The van der Waals surface area contributed by atoms with Crippen LogP contribution in [0.3, 0.4) is 0 Å². The molecular weight excluding hydrogens is 418 g/mol. The molecule has 0 aliphatic heterocycles. The highest BCUT2D eigenvalue weighted by Gasteiger charge is 2.20. The lowest BCUT2D eigenvalue weighted by molar-refractivity contribution is -0.118. The molecule has 1 amide bonds. The Hall–Kier alpha value is -3.17. The molecule has 0 aliphatic rings. The first-order valence-corrected chi connectivity index (χ1v) is 11.0. The lowest BCUT2D eigenvalue weighted by Crippen LogP contribution is -2.24. The van der Waals surface area contributed by atoms with Gasteiger partial charge in [-0.3, -0.25) is 14.3 Å². The average Bonchev–Trinajstić information content (AvgIpc) is 3.46. The van der Waals surface area contributed by atoms with Gasteiger partial charge >= 0.3 is 0 Å². The largest absolute Gasteiger partial charge is 0.495 e. The Morgan fingerprint density at radius 3 is 2.77 bits per heavy atom. The Kier molecular flexibility index (Phi) is 6.41. The Morgan fingerprint density at radius 1 is 1.13 bits per heavy atom. The molecule has 1 N–H and O–H groups in total. The highest BCUT2D eigenvalue weighted by atomic mass is 32.2. The molecule has 3 aromatic heterocycles. The second-order valence-corrected chi connectivity index (χ2v) is 8.15. The predicted octanol–water partition coefficient (Wildman–Crippen LogP) is 3.81. The highest BCUT2D eigenvalue weighted by Crippen LogP contribution is 2.31. The number of hydrogen-bond donors (Lipinski definition) is 1. The van der Waals surface area contributed by atoms with Gasteiger partial charge in [0.15, 0.2) is 11.0 Å².